The number of methoxy groups -OCH3 is 1. The fourth-order valence-electron chi connectivity index (χ4n) is 1.65. The number of benzene rings is 1. The number of carbonyl (C=O) groups excluding carboxylic acids is 1. The maximum absolute atomic E-state index is 12.4. The van der Waals surface area contributed by atoms with E-state index in [1.54, 1.807) is 20.8 Å². The zero-order valence-corrected chi connectivity index (χ0v) is 13.6. The lowest BCUT2D eigenvalue weighted by Gasteiger charge is -2.20. The predicted molar refractivity (Wildman–Crippen MR) is 82.4 cm³/mol. The third kappa shape index (κ3) is 7.53. The monoisotopic (exact) mass is 332 g/mol. The highest BCUT2D eigenvalue weighted by Crippen LogP contribution is 2.30. The quantitative estimate of drug-likeness (QED) is 0.750. The van der Waals surface area contributed by atoms with Gasteiger partial charge < -0.3 is 24.8 Å². The number of anilines is 1. The molecule has 1 aromatic carbocycles. The fourth-order valence-corrected chi connectivity index (χ4v) is 1.65. The minimum absolute atomic E-state index is 0.00179. The molecule has 0 saturated carbocycles. The van der Waals surface area contributed by atoms with Gasteiger partial charge in [0.1, 0.15) is 17.1 Å². The molecule has 0 heterocycles. The van der Waals surface area contributed by atoms with E-state index in [4.69, 9.17) is 9.47 Å². The summed E-state index contributed by atoms with van der Waals surface area (Å²) in [6.07, 6.45) is -0.547. The largest absolute Gasteiger partial charge is 0.497 e. The predicted octanol–water partition coefficient (Wildman–Crippen LogP) is 3.23. The molecule has 0 spiro atoms. The molecule has 8 heteroatoms. The lowest BCUT2D eigenvalue weighted by atomic mass is 10.2. The topological polar surface area (TPSA) is 68.8 Å². The Morgan fingerprint density at radius 1 is 1.26 bits per heavy atom. The smallest absolute Gasteiger partial charge is 0.407 e. The van der Waals surface area contributed by atoms with Crippen molar-refractivity contribution < 1.29 is 27.8 Å². The van der Waals surface area contributed by atoms with Crippen LogP contribution in [0.2, 0.25) is 0 Å². The van der Waals surface area contributed by atoms with Crippen molar-refractivity contribution in [2.24, 2.45) is 0 Å². The highest BCUT2D eigenvalue weighted by molar-refractivity contribution is 5.67. The number of carbonyl (C=O) groups is 1. The summed E-state index contributed by atoms with van der Waals surface area (Å²) in [5, 5.41) is 5.46. The minimum atomic E-state index is -2.93. The van der Waals surface area contributed by atoms with Crippen LogP contribution in [0.3, 0.4) is 0 Å². The van der Waals surface area contributed by atoms with Crippen molar-refractivity contribution in [2.45, 2.75) is 33.0 Å². The summed E-state index contributed by atoms with van der Waals surface area (Å²) in [5.74, 6) is 0.493. The first-order chi connectivity index (χ1) is 10.7. The zero-order valence-electron chi connectivity index (χ0n) is 13.6. The summed E-state index contributed by atoms with van der Waals surface area (Å²) in [6, 6.07) is 4.43. The van der Waals surface area contributed by atoms with E-state index in [0.717, 1.165) is 0 Å². The van der Waals surface area contributed by atoms with E-state index in [0.29, 0.717) is 18.0 Å². The van der Waals surface area contributed by atoms with Gasteiger partial charge in [-0.25, -0.2) is 4.79 Å². The number of rotatable bonds is 7. The van der Waals surface area contributed by atoms with Crippen LogP contribution in [0.1, 0.15) is 20.8 Å². The van der Waals surface area contributed by atoms with Crippen LogP contribution in [-0.4, -0.2) is 38.5 Å². The number of amides is 1. The van der Waals surface area contributed by atoms with Crippen LogP contribution in [0, 0.1) is 0 Å². The van der Waals surface area contributed by atoms with Crippen LogP contribution in [-0.2, 0) is 4.74 Å². The van der Waals surface area contributed by atoms with E-state index in [1.807, 2.05) is 0 Å². The van der Waals surface area contributed by atoms with Gasteiger partial charge in [-0.05, 0) is 32.9 Å². The van der Waals surface area contributed by atoms with Crippen molar-refractivity contribution in [3.05, 3.63) is 18.2 Å². The first-order valence-corrected chi connectivity index (χ1v) is 7.05. The summed E-state index contributed by atoms with van der Waals surface area (Å²) in [5.41, 5.74) is -0.238. The molecule has 0 saturated heterocycles. The highest BCUT2D eigenvalue weighted by atomic mass is 19.3. The first kappa shape index (κ1) is 18.8. The molecule has 0 fully saturated rings. The van der Waals surface area contributed by atoms with Gasteiger partial charge in [0, 0.05) is 19.2 Å². The second kappa shape index (κ2) is 8.40. The van der Waals surface area contributed by atoms with Gasteiger partial charge in [-0.15, -0.1) is 0 Å². The molecular formula is C15H22F2N2O4. The van der Waals surface area contributed by atoms with E-state index in [-0.39, 0.29) is 12.3 Å². The molecule has 0 aliphatic rings. The van der Waals surface area contributed by atoms with Crippen LogP contribution in [0.15, 0.2) is 18.2 Å². The van der Waals surface area contributed by atoms with Gasteiger partial charge in [-0.3, -0.25) is 0 Å². The van der Waals surface area contributed by atoms with E-state index in [2.05, 4.69) is 15.4 Å². The van der Waals surface area contributed by atoms with Gasteiger partial charge in [-0.2, -0.15) is 8.78 Å². The molecule has 0 radical (unpaired) electrons. The van der Waals surface area contributed by atoms with E-state index < -0.39 is 18.3 Å². The van der Waals surface area contributed by atoms with Crippen molar-refractivity contribution >= 4 is 11.8 Å². The van der Waals surface area contributed by atoms with Crippen LogP contribution in [0.25, 0.3) is 0 Å². The summed E-state index contributed by atoms with van der Waals surface area (Å²) in [4.78, 5) is 11.5. The first-order valence-electron chi connectivity index (χ1n) is 7.05. The third-order valence-electron chi connectivity index (χ3n) is 2.51. The summed E-state index contributed by atoms with van der Waals surface area (Å²) in [7, 11) is 1.47. The Morgan fingerprint density at radius 2 is 1.96 bits per heavy atom. The maximum atomic E-state index is 12.4. The lowest BCUT2D eigenvalue weighted by molar-refractivity contribution is -0.0493. The Bertz CT molecular complexity index is 519. The molecule has 2 N–H and O–H groups in total. The van der Waals surface area contributed by atoms with Crippen LogP contribution in [0.5, 0.6) is 11.5 Å². The zero-order chi connectivity index (χ0) is 17.5. The van der Waals surface area contributed by atoms with Crippen molar-refractivity contribution in [1.29, 1.82) is 0 Å². The number of hydrogen-bond acceptors (Lipinski definition) is 5. The molecule has 1 amide bonds. The number of hydrogen-bond donors (Lipinski definition) is 2. The third-order valence-corrected chi connectivity index (χ3v) is 2.51. The van der Waals surface area contributed by atoms with E-state index in [9.17, 15) is 13.6 Å². The molecule has 0 unspecified atom stereocenters. The summed E-state index contributed by atoms with van der Waals surface area (Å²) in [6.45, 7) is 2.90. The van der Waals surface area contributed by atoms with Gasteiger partial charge in [0.25, 0.3) is 0 Å². The fraction of sp³-hybridized carbons (Fsp3) is 0.533. The SMILES string of the molecule is COc1ccc(OC(F)F)c(NCCNC(=O)OC(C)(C)C)c1. The number of nitrogens with one attached hydrogen (secondary N) is 2. The Balaban J connectivity index is 2.54. The molecular weight excluding hydrogens is 310 g/mol. The molecule has 6 nitrogen and oxygen atoms in total. The number of alkyl carbamates (subject to hydrolysis) is 1. The van der Waals surface area contributed by atoms with Crippen LogP contribution >= 0.6 is 0 Å². The Hall–Kier alpha value is -2.25. The summed E-state index contributed by atoms with van der Waals surface area (Å²) < 4.78 is 39.3. The molecule has 0 aliphatic carbocycles. The second-order valence-corrected chi connectivity index (χ2v) is 5.60. The average Bonchev–Trinajstić information content (AvgIpc) is 2.42. The number of halogens is 2. The molecule has 0 atom stereocenters. The highest BCUT2D eigenvalue weighted by Gasteiger charge is 2.15. The van der Waals surface area contributed by atoms with Gasteiger partial charge >= 0.3 is 12.7 Å². The van der Waals surface area contributed by atoms with Gasteiger partial charge in [-0.1, -0.05) is 0 Å². The average molecular weight is 332 g/mol. The number of alkyl halides is 2. The lowest BCUT2D eigenvalue weighted by Crippen LogP contribution is -2.35. The van der Waals surface area contributed by atoms with E-state index in [1.165, 1.54) is 25.3 Å². The van der Waals surface area contributed by atoms with Crippen molar-refractivity contribution in [3.63, 3.8) is 0 Å². The van der Waals surface area contributed by atoms with Crippen LogP contribution in [0.4, 0.5) is 19.3 Å². The molecule has 0 aromatic heterocycles. The minimum Gasteiger partial charge on any atom is -0.497 e. The second-order valence-electron chi connectivity index (χ2n) is 5.60. The molecule has 0 bridgehead atoms. The molecule has 0 aliphatic heterocycles. The normalized spacial score (nSPS) is 11.1. The van der Waals surface area contributed by atoms with Gasteiger partial charge in [0.15, 0.2) is 0 Å². The Kier molecular flexibility index (Phi) is 6.87. The summed E-state index contributed by atoms with van der Waals surface area (Å²) >= 11 is 0. The molecule has 130 valence electrons. The Labute approximate surface area is 134 Å². The Morgan fingerprint density at radius 3 is 2.52 bits per heavy atom. The number of ether oxygens (including phenoxy) is 3. The van der Waals surface area contributed by atoms with Gasteiger partial charge in [0.2, 0.25) is 0 Å². The van der Waals surface area contributed by atoms with Crippen molar-refractivity contribution in [1.82, 2.24) is 5.32 Å². The van der Waals surface area contributed by atoms with Crippen molar-refractivity contribution in [2.75, 3.05) is 25.5 Å². The molecule has 1 rings (SSSR count). The van der Waals surface area contributed by atoms with Gasteiger partial charge in [0.05, 0.1) is 12.8 Å². The van der Waals surface area contributed by atoms with Crippen molar-refractivity contribution in [3.8, 4) is 11.5 Å². The standard InChI is InChI=1S/C15H22F2N2O4/c1-15(2,3)23-14(20)19-8-7-18-11-9-10(21-4)5-6-12(11)22-13(16)17/h5-6,9,13,18H,7-8H2,1-4H3,(H,19,20). The maximum Gasteiger partial charge on any atom is 0.407 e. The molecule has 1 aromatic rings. The van der Waals surface area contributed by atoms with Crippen LogP contribution < -0.4 is 20.1 Å². The molecule has 23 heavy (non-hydrogen) atoms. The van der Waals surface area contributed by atoms with E-state index >= 15 is 0 Å².